The van der Waals surface area contributed by atoms with Crippen molar-refractivity contribution in [3.8, 4) is 11.5 Å². The number of aliphatic hydroxyl groups excluding tert-OH is 2. The number of phenols is 1. The Hall–Kier alpha value is -2.65. The molecule has 0 saturated heterocycles. The van der Waals surface area contributed by atoms with E-state index in [0.29, 0.717) is 18.3 Å². The van der Waals surface area contributed by atoms with Crippen LogP contribution in [0.15, 0.2) is 46.7 Å². The molecule has 0 radical (unpaired) electrons. The van der Waals surface area contributed by atoms with Crippen LogP contribution in [0.1, 0.15) is 52.0 Å². The van der Waals surface area contributed by atoms with E-state index in [4.69, 9.17) is 9.47 Å². The first-order valence-electron chi connectivity index (χ1n) is 13.8. The third-order valence-corrected chi connectivity index (χ3v) is 6.97. The Bertz CT molecular complexity index is 961. The first-order chi connectivity index (χ1) is 18.3. The second kappa shape index (κ2) is 15.1. The van der Waals surface area contributed by atoms with Gasteiger partial charge < -0.3 is 35.4 Å². The Morgan fingerprint density at radius 3 is 2.76 bits per heavy atom. The topological polar surface area (TPSA) is 116 Å². The van der Waals surface area contributed by atoms with Gasteiger partial charge in [-0.15, -0.1) is 4.99 Å². The number of aliphatic imine (C=N–C) groups is 1. The monoisotopic (exact) mass is 527 g/mol. The summed E-state index contributed by atoms with van der Waals surface area (Å²) in [5.41, 5.74) is 2.02. The predicted molar refractivity (Wildman–Crippen MR) is 151 cm³/mol. The molecule has 3 rings (SSSR count). The predicted octanol–water partition coefficient (Wildman–Crippen LogP) is 3.48. The number of nitrogens with one attached hydrogen (secondary N) is 2. The zero-order valence-electron chi connectivity index (χ0n) is 23.2. The maximum atomic E-state index is 10.7. The molecule has 8 nitrogen and oxygen atoms in total. The van der Waals surface area contributed by atoms with Gasteiger partial charge in [0.25, 0.3) is 0 Å². The fourth-order valence-electron chi connectivity index (χ4n) is 4.57. The van der Waals surface area contributed by atoms with E-state index in [1.807, 2.05) is 25.3 Å². The lowest BCUT2D eigenvalue weighted by atomic mass is 9.92. The van der Waals surface area contributed by atoms with Crippen molar-refractivity contribution < 1.29 is 24.8 Å². The molecule has 1 aromatic carbocycles. The molecule has 2 heterocycles. The molecule has 0 saturated carbocycles. The minimum Gasteiger partial charge on any atom is -0.592 e. The first-order valence-corrected chi connectivity index (χ1v) is 13.8. The number of benzene rings is 1. The van der Waals surface area contributed by atoms with Crippen molar-refractivity contribution in [3.05, 3.63) is 59.7 Å². The normalized spacial score (nSPS) is 19.8. The average molecular weight is 528 g/mol. The second-order valence-electron chi connectivity index (χ2n) is 10.3. The number of nitrogens with zero attached hydrogens (tertiary/aromatic N) is 1. The standard InChI is InChI=1S/C30H45N3O5/c1-5-6-7-24-11-12-25(38-24)10-8-22-9-13-28(35)30(14-22)37-19-29(36)26-15-23(17-33-26)21(3)27(18-31-4)32-16-20(2)34/h9,11-15,17,20-21,24,27,29,31-32,34-36H,5-8,10,16,18-19H2,1-4H3. The lowest BCUT2D eigenvalue weighted by molar-refractivity contribution is 0.120. The quantitative estimate of drug-likeness (QED) is 0.197. The Morgan fingerprint density at radius 1 is 1.21 bits per heavy atom. The highest BCUT2D eigenvalue weighted by Crippen LogP contribution is 2.31. The highest BCUT2D eigenvalue weighted by atomic mass is 16.5. The van der Waals surface area contributed by atoms with E-state index in [-0.39, 0.29) is 30.4 Å². The Balaban J connectivity index is 1.50. The number of ether oxygens (including phenoxy) is 2. The van der Waals surface area contributed by atoms with Crippen molar-refractivity contribution in [2.24, 2.45) is 10.9 Å². The molecule has 8 heteroatoms. The summed E-state index contributed by atoms with van der Waals surface area (Å²) in [6.07, 6.45) is 11.6. The van der Waals surface area contributed by atoms with Crippen LogP contribution >= 0.6 is 0 Å². The summed E-state index contributed by atoms with van der Waals surface area (Å²) in [6, 6.07) is 5.95. The van der Waals surface area contributed by atoms with E-state index in [1.165, 1.54) is 0 Å². The van der Waals surface area contributed by atoms with Crippen molar-refractivity contribution in [1.82, 2.24) is 10.6 Å². The van der Waals surface area contributed by atoms with Gasteiger partial charge in [-0.2, -0.15) is 12.5 Å². The number of unbranched alkanes of at least 4 members (excludes halogenated alkanes) is 1. The van der Waals surface area contributed by atoms with Gasteiger partial charge in [-0.25, -0.2) is 0 Å². The molecule has 2 aliphatic heterocycles. The van der Waals surface area contributed by atoms with Crippen molar-refractivity contribution in [1.29, 1.82) is 0 Å². The van der Waals surface area contributed by atoms with Crippen molar-refractivity contribution >= 4 is 6.21 Å². The number of aliphatic hydroxyl groups is 2. The maximum absolute atomic E-state index is 10.7. The molecule has 1 aromatic rings. The van der Waals surface area contributed by atoms with Crippen molar-refractivity contribution in [2.75, 3.05) is 26.7 Å². The van der Waals surface area contributed by atoms with Gasteiger partial charge in [0.15, 0.2) is 29.9 Å². The van der Waals surface area contributed by atoms with Crippen LogP contribution in [-0.2, 0) is 11.2 Å². The Kier molecular flexibility index (Phi) is 11.9. The molecule has 5 unspecified atom stereocenters. The van der Waals surface area contributed by atoms with Crippen LogP contribution in [0.25, 0.3) is 0 Å². The van der Waals surface area contributed by atoms with Gasteiger partial charge in [-0.1, -0.05) is 38.0 Å². The van der Waals surface area contributed by atoms with Gasteiger partial charge in [-0.05, 0) is 51.4 Å². The number of likely N-dealkylation sites (N-methyl/N-ethyl adjacent to an activating group) is 1. The Morgan fingerprint density at radius 2 is 2.03 bits per heavy atom. The molecule has 0 spiro atoms. The highest BCUT2D eigenvalue weighted by molar-refractivity contribution is 5.84. The fraction of sp³-hybridized carbons (Fsp3) is 0.567. The number of hydrogen-bond acceptors (Lipinski definition) is 8. The van der Waals surface area contributed by atoms with E-state index >= 15 is 0 Å². The lowest BCUT2D eigenvalue weighted by Crippen LogP contribution is -2.45. The van der Waals surface area contributed by atoms with E-state index in [9.17, 15) is 15.3 Å². The van der Waals surface area contributed by atoms with Crippen LogP contribution in [0.5, 0.6) is 11.5 Å². The SMILES string of the molecule is CCCCC1[CH-]C=C(CCc2ccc(O)c(OCC(O)[C+]3C=C(C(C)C(CNC)NCC(C)O)C=N3)c2)O1. The van der Waals surface area contributed by atoms with Crippen LogP contribution in [0.3, 0.4) is 0 Å². The second-order valence-corrected chi connectivity index (χ2v) is 10.3. The van der Waals surface area contributed by atoms with Gasteiger partial charge in [0.1, 0.15) is 12.2 Å². The molecule has 0 amide bonds. The van der Waals surface area contributed by atoms with Gasteiger partial charge >= 0.3 is 0 Å². The molecule has 38 heavy (non-hydrogen) atoms. The number of aryl methyl sites for hydroxylation is 1. The maximum Gasteiger partial charge on any atom is 0.181 e. The zero-order valence-corrected chi connectivity index (χ0v) is 23.2. The number of allylic oxidation sites excluding steroid dienone is 1. The minimum absolute atomic E-state index is 0.0234. The molecule has 5 N–H and O–H groups in total. The zero-order chi connectivity index (χ0) is 27.5. The number of aromatic hydroxyl groups is 1. The van der Waals surface area contributed by atoms with Gasteiger partial charge in [0, 0.05) is 25.2 Å². The van der Waals surface area contributed by atoms with Crippen LogP contribution in [-0.4, -0.2) is 72.6 Å². The Labute approximate surface area is 227 Å². The molecular weight excluding hydrogens is 482 g/mol. The van der Waals surface area contributed by atoms with E-state index < -0.39 is 12.2 Å². The molecule has 0 fully saturated rings. The molecule has 0 bridgehead atoms. The van der Waals surface area contributed by atoms with Crippen LogP contribution in [0, 0.1) is 18.4 Å². The minimum atomic E-state index is -0.931. The highest BCUT2D eigenvalue weighted by Gasteiger charge is 2.34. The third kappa shape index (κ3) is 8.98. The van der Waals surface area contributed by atoms with Crippen molar-refractivity contribution in [2.45, 2.75) is 77.2 Å². The van der Waals surface area contributed by atoms with E-state index in [2.05, 4.69) is 42.0 Å². The van der Waals surface area contributed by atoms with Crippen molar-refractivity contribution in [3.63, 3.8) is 0 Å². The lowest BCUT2D eigenvalue weighted by Gasteiger charge is -2.23. The first kappa shape index (κ1) is 29.9. The summed E-state index contributed by atoms with van der Waals surface area (Å²) in [6.45, 7) is 7.24. The summed E-state index contributed by atoms with van der Waals surface area (Å²) >= 11 is 0. The average Bonchev–Trinajstić information content (AvgIpc) is 3.58. The van der Waals surface area contributed by atoms with Gasteiger partial charge in [0.05, 0.1) is 18.1 Å². The molecule has 210 valence electrons. The molecule has 0 aliphatic carbocycles. The third-order valence-electron chi connectivity index (χ3n) is 6.97. The number of phenolic OH excluding ortho intramolecular Hbond substituents is 1. The van der Waals surface area contributed by atoms with Crippen LogP contribution in [0.2, 0.25) is 0 Å². The van der Waals surface area contributed by atoms with Crippen LogP contribution < -0.4 is 15.4 Å². The summed E-state index contributed by atoms with van der Waals surface area (Å²) in [5, 5.41) is 37.2. The van der Waals surface area contributed by atoms with Crippen LogP contribution in [0.4, 0.5) is 0 Å². The molecular formula is C30H45N3O5. The molecule has 0 aromatic heterocycles. The largest absolute Gasteiger partial charge is 0.592 e. The summed E-state index contributed by atoms with van der Waals surface area (Å²) < 4.78 is 11.8. The fourth-order valence-corrected chi connectivity index (χ4v) is 4.57. The van der Waals surface area contributed by atoms with Gasteiger partial charge in [0.2, 0.25) is 0 Å². The van der Waals surface area contributed by atoms with E-state index in [1.54, 1.807) is 19.2 Å². The summed E-state index contributed by atoms with van der Waals surface area (Å²) in [7, 11) is 1.90. The van der Waals surface area contributed by atoms with Gasteiger partial charge in [-0.3, -0.25) is 0 Å². The summed E-state index contributed by atoms with van der Waals surface area (Å²) in [4.78, 5) is 4.41. The number of rotatable bonds is 17. The number of hydrogen-bond donors (Lipinski definition) is 5. The van der Waals surface area contributed by atoms with E-state index in [0.717, 1.165) is 55.5 Å². The summed E-state index contributed by atoms with van der Waals surface area (Å²) in [5.74, 6) is 1.48. The molecule has 2 aliphatic rings. The molecule has 5 atom stereocenters. The smallest absolute Gasteiger partial charge is 0.181 e.